The van der Waals surface area contributed by atoms with E-state index in [1.54, 1.807) is 0 Å². The Morgan fingerprint density at radius 1 is 1.24 bits per heavy atom. The molecule has 2 aliphatic carbocycles. The fourth-order valence-corrected chi connectivity index (χ4v) is 4.01. The van der Waals surface area contributed by atoms with E-state index < -0.39 is 5.54 Å². The molecule has 2 fully saturated rings. The van der Waals surface area contributed by atoms with Crippen molar-refractivity contribution < 1.29 is 9.53 Å². The molecule has 4 heteroatoms. The molecule has 0 amide bonds. The normalized spacial score (nSPS) is 23.0. The second-order valence-corrected chi connectivity index (χ2v) is 6.97. The van der Waals surface area contributed by atoms with Crippen molar-refractivity contribution in [3.8, 4) is 0 Å². The van der Waals surface area contributed by atoms with E-state index in [9.17, 15) is 4.79 Å². The third-order valence-electron chi connectivity index (χ3n) is 5.13. The van der Waals surface area contributed by atoms with Crippen molar-refractivity contribution in [2.75, 3.05) is 33.8 Å². The molecule has 4 nitrogen and oxygen atoms in total. The minimum absolute atomic E-state index is 0.0812. The molecule has 0 bridgehead atoms. The van der Waals surface area contributed by atoms with Gasteiger partial charge in [0.15, 0.2) is 0 Å². The fourth-order valence-electron chi connectivity index (χ4n) is 4.01. The molecule has 122 valence electrons. The van der Waals surface area contributed by atoms with Gasteiger partial charge in [-0.15, -0.1) is 0 Å². The van der Waals surface area contributed by atoms with E-state index in [1.165, 1.54) is 39.2 Å². The summed E-state index contributed by atoms with van der Waals surface area (Å²) in [6.07, 6.45) is 9.11. The quantitative estimate of drug-likeness (QED) is 0.699. The van der Waals surface area contributed by atoms with E-state index in [2.05, 4.69) is 24.2 Å². The van der Waals surface area contributed by atoms with Gasteiger partial charge in [-0.1, -0.05) is 26.2 Å². The van der Waals surface area contributed by atoms with Crippen LogP contribution < -0.4 is 5.32 Å². The van der Waals surface area contributed by atoms with E-state index in [0.29, 0.717) is 5.92 Å². The summed E-state index contributed by atoms with van der Waals surface area (Å²) in [7, 11) is 3.67. The summed E-state index contributed by atoms with van der Waals surface area (Å²) >= 11 is 0. The molecular formula is C17H32N2O2. The number of hydrogen-bond acceptors (Lipinski definition) is 4. The van der Waals surface area contributed by atoms with Gasteiger partial charge in [-0.05, 0) is 51.1 Å². The lowest BCUT2D eigenvalue weighted by Crippen LogP contribution is -2.61. The number of methoxy groups -OCH3 is 1. The zero-order valence-corrected chi connectivity index (χ0v) is 14.0. The molecule has 0 radical (unpaired) electrons. The molecule has 1 atom stereocenters. The monoisotopic (exact) mass is 296 g/mol. The standard InChI is InChI=1S/C17H32N2O2/c1-4-18-17(15-10-11-15,16(20)21-3)13-19(2)12-14-8-6-5-7-9-14/h14-15,18H,4-13H2,1-3H3. The highest BCUT2D eigenvalue weighted by atomic mass is 16.5. The van der Waals surface area contributed by atoms with Crippen LogP contribution in [0.3, 0.4) is 0 Å². The first kappa shape index (κ1) is 16.8. The molecule has 0 aromatic rings. The SMILES string of the molecule is CCNC(CN(C)CC1CCCCC1)(C(=O)OC)C1CC1. The highest BCUT2D eigenvalue weighted by molar-refractivity contribution is 5.82. The molecule has 0 spiro atoms. The van der Waals surface area contributed by atoms with Crippen molar-refractivity contribution in [1.29, 1.82) is 0 Å². The molecule has 2 saturated carbocycles. The van der Waals surface area contributed by atoms with Crippen LogP contribution in [0, 0.1) is 11.8 Å². The van der Waals surface area contributed by atoms with Crippen LogP contribution in [-0.4, -0.2) is 50.2 Å². The van der Waals surface area contributed by atoms with Gasteiger partial charge in [0, 0.05) is 13.1 Å². The number of nitrogens with zero attached hydrogens (tertiary/aromatic N) is 1. The number of likely N-dealkylation sites (N-methyl/N-ethyl adjacent to an activating group) is 2. The lowest BCUT2D eigenvalue weighted by Gasteiger charge is -2.37. The summed E-state index contributed by atoms with van der Waals surface area (Å²) in [5.41, 5.74) is -0.493. The third kappa shape index (κ3) is 4.19. The number of hydrogen-bond donors (Lipinski definition) is 1. The molecule has 0 aromatic carbocycles. The first-order valence-electron chi connectivity index (χ1n) is 8.64. The first-order chi connectivity index (χ1) is 10.1. The van der Waals surface area contributed by atoms with Crippen molar-refractivity contribution in [1.82, 2.24) is 10.2 Å². The molecule has 1 unspecified atom stereocenters. The Bertz CT molecular complexity index is 338. The first-order valence-corrected chi connectivity index (χ1v) is 8.64. The number of nitrogens with one attached hydrogen (secondary N) is 1. The lowest BCUT2D eigenvalue weighted by atomic mass is 9.87. The Hall–Kier alpha value is -0.610. The van der Waals surface area contributed by atoms with Crippen LogP contribution in [0.25, 0.3) is 0 Å². The molecule has 0 heterocycles. The second-order valence-electron chi connectivity index (χ2n) is 6.97. The maximum absolute atomic E-state index is 12.4. The molecule has 0 aromatic heterocycles. The van der Waals surface area contributed by atoms with Crippen LogP contribution in [-0.2, 0) is 9.53 Å². The van der Waals surface area contributed by atoms with E-state index in [4.69, 9.17) is 4.74 Å². The molecule has 21 heavy (non-hydrogen) atoms. The summed E-state index contributed by atoms with van der Waals surface area (Å²) in [5, 5.41) is 3.46. The Balaban J connectivity index is 1.97. The summed E-state index contributed by atoms with van der Waals surface area (Å²) in [6, 6.07) is 0. The van der Waals surface area contributed by atoms with Crippen molar-refractivity contribution in [3.63, 3.8) is 0 Å². The number of carbonyl (C=O) groups is 1. The molecule has 1 N–H and O–H groups in total. The Morgan fingerprint density at radius 2 is 1.90 bits per heavy atom. The predicted molar refractivity (Wildman–Crippen MR) is 85.2 cm³/mol. The van der Waals surface area contributed by atoms with E-state index in [0.717, 1.165) is 38.4 Å². The zero-order valence-electron chi connectivity index (χ0n) is 14.0. The number of rotatable bonds is 8. The third-order valence-corrected chi connectivity index (χ3v) is 5.13. The Labute approximate surface area is 129 Å². The Kier molecular flexibility index (Phi) is 6.06. The zero-order chi connectivity index (χ0) is 15.3. The van der Waals surface area contributed by atoms with Gasteiger partial charge in [-0.25, -0.2) is 4.79 Å². The summed E-state index contributed by atoms with van der Waals surface area (Å²) in [4.78, 5) is 14.8. The van der Waals surface area contributed by atoms with Crippen LogP contribution in [0.15, 0.2) is 0 Å². The predicted octanol–water partition coefficient (Wildman–Crippen LogP) is 2.43. The molecule has 0 saturated heterocycles. The van der Waals surface area contributed by atoms with E-state index in [-0.39, 0.29) is 5.97 Å². The average molecular weight is 296 g/mol. The van der Waals surface area contributed by atoms with Gasteiger partial charge in [-0.2, -0.15) is 0 Å². The van der Waals surface area contributed by atoms with Crippen LogP contribution in [0.5, 0.6) is 0 Å². The number of ether oxygens (including phenoxy) is 1. The maximum atomic E-state index is 12.4. The topological polar surface area (TPSA) is 41.6 Å². The van der Waals surface area contributed by atoms with Gasteiger partial charge in [-0.3, -0.25) is 0 Å². The average Bonchev–Trinajstić information content (AvgIpc) is 3.31. The Morgan fingerprint density at radius 3 is 2.43 bits per heavy atom. The van der Waals surface area contributed by atoms with Gasteiger partial charge in [0.1, 0.15) is 5.54 Å². The minimum Gasteiger partial charge on any atom is -0.468 e. The highest BCUT2D eigenvalue weighted by Crippen LogP contribution is 2.41. The largest absolute Gasteiger partial charge is 0.468 e. The molecule has 2 aliphatic rings. The van der Waals surface area contributed by atoms with Crippen molar-refractivity contribution in [2.45, 2.75) is 57.4 Å². The van der Waals surface area contributed by atoms with Gasteiger partial charge in [0.05, 0.1) is 7.11 Å². The van der Waals surface area contributed by atoms with Gasteiger partial charge in [0.25, 0.3) is 0 Å². The summed E-state index contributed by atoms with van der Waals surface area (Å²) in [6.45, 7) is 4.76. The minimum atomic E-state index is -0.493. The van der Waals surface area contributed by atoms with Crippen LogP contribution in [0.1, 0.15) is 51.9 Å². The van der Waals surface area contributed by atoms with Crippen molar-refractivity contribution in [2.24, 2.45) is 11.8 Å². The molecule has 0 aliphatic heterocycles. The summed E-state index contributed by atoms with van der Waals surface area (Å²) in [5.74, 6) is 1.17. The van der Waals surface area contributed by atoms with Gasteiger partial charge >= 0.3 is 5.97 Å². The number of carbonyl (C=O) groups excluding carboxylic acids is 1. The molecule has 2 rings (SSSR count). The van der Waals surface area contributed by atoms with Gasteiger partial charge < -0.3 is 15.0 Å². The van der Waals surface area contributed by atoms with Crippen molar-refractivity contribution in [3.05, 3.63) is 0 Å². The molecular weight excluding hydrogens is 264 g/mol. The summed E-state index contributed by atoms with van der Waals surface area (Å²) < 4.78 is 5.13. The van der Waals surface area contributed by atoms with E-state index in [1.807, 2.05) is 0 Å². The lowest BCUT2D eigenvalue weighted by molar-refractivity contribution is -0.150. The van der Waals surface area contributed by atoms with Crippen LogP contribution in [0.2, 0.25) is 0 Å². The smallest absolute Gasteiger partial charge is 0.327 e. The second kappa shape index (κ2) is 7.59. The van der Waals surface area contributed by atoms with Crippen LogP contribution >= 0.6 is 0 Å². The number of esters is 1. The van der Waals surface area contributed by atoms with Gasteiger partial charge in [0.2, 0.25) is 0 Å². The fraction of sp³-hybridized carbons (Fsp3) is 0.941. The van der Waals surface area contributed by atoms with E-state index >= 15 is 0 Å². The highest BCUT2D eigenvalue weighted by Gasteiger charge is 2.51. The maximum Gasteiger partial charge on any atom is 0.327 e. The van der Waals surface area contributed by atoms with Crippen molar-refractivity contribution >= 4 is 5.97 Å². The van der Waals surface area contributed by atoms with Crippen LogP contribution in [0.4, 0.5) is 0 Å².